The van der Waals surface area contributed by atoms with E-state index >= 15 is 0 Å². The zero-order valence-electron chi connectivity index (χ0n) is 19.9. The molecule has 1 fully saturated rings. The van der Waals surface area contributed by atoms with Crippen molar-refractivity contribution >= 4 is 12.1 Å². The zero-order valence-corrected chi connectivity index (χ0v) is 19.9. The van der Waals surface area contributed by atoms with Crippen molar-refractivity contribution < 1.29 is 19.1 Å². The van der Waals surface area contributed by atoms with Gasteiger partial charge in [-0.05, 0) is 40.7 Å². The number of rotatable bonds is 6. The molecule has 3 aromatic carbocycles. The molecule has 3 aromatic rings. The molecular weight excluding hydrogens is 440 g/mol. The second kappa shape index (κ2) is 9.92. The minimum atomic E-state index is -1.08. The van der Waals surface area contributed by atoms with Crippen LogP contribution in [0.4, 0.5) is 4.79 Å². The van der Waals surface area contributed by atoms with Crippen molar-refractivity contribution in [1.29, 1.82) is 0 Å². The Kier molecular flexibility index (Phi) is 6.55. The molecule has 0 radical (unpaired) electrons. The number of hydrogen-bond donors (Lipinski definition) is 1. The Labute approximate surface area is 205 Å². The molecule has 1 heterocycles. The van der Waals surface area contributed by atoms with Gasteiger partial charge in [0.1, 0.15) is 12.1 Å². The van der Waals surface area contributed by atoms with Gasteiger partial charge < -0.3 is 14.8 Å². The molecule has 1 amide bonds. The highest BCUT2D eigenvalue weighted by atomic mass is 16.6. The van der Waals surface area contributed by atoms with Gasteiger partial charge >= 0.3 is 12.1 Å². The topological polar surface area (TPSA) is 67.9 Å². The Bertz CT molecular complexity index is 1160. The number of hydrogen-bond acceptors (Lipinski definition) is 5. The first kappa shape index (κ1) is 23.1. The van der Waals surface area contributed by atoms with Crippen molar-refractivity contribution in [2.45, 2.75) is 30.8 Å². The maximum atomic E-state index is 12.9. The fourth-order valence-electron chi connectivity index (χ4n) is 5.34. The van der Waals surface area contributed by atoms with Crippen LogP contribution in [0.2, 0.25) is 0 Å². The second-order valence-corrected chi connectivity index (χ2v) is 9.29. The van der Waals surface area contributed by atoms with Crippen molar-refractivity contribution in [3.05, 3.63) is 95.6 Å². The minimum absolute atomic E-state index is 0.0325. The van der Waals surface area contributed by atoms with E-state index in [0.717, 1.165) is 17.7 Å². The Morgan fingerprint density at radius 3 is 2.06 bits per heavy atom. The van der Waals surface area contributed by atoms with Gasteiger partial charge in [-0.1, -0.05) is 78.9 Å². The third kappa shape index (κ3) is 4.66. The molecule has 6 heteroatoms. The van der Waals surface area contributed by atoms with Crippen LogP contribution in [0, 0.1) is 0 Å². The largest absolute Gasteiger partial charge is 0.467 e. The van der Waals surface area contributed by atoms with Crippen molar-refractivity contribution in [2.24, 2.45) is 0 Å². The van der Waals surface area contributed by atoms with E-state index in [9.17, 15) is 9.59 Å². The summed E-state index contributed by atoms with van der Waals surface area (Å²) in [7, 11) is 1.36. The summed E-state index contributed by atoms with van der Waals surface area (Å²) < 4.78 is 10.8. The first-order valence-electron chi connectivity index (χ1n) is 12.1. The summed E-state index contributed by atoms with van der Waals surface area (Å²) in [5, 5.41) is 2.88. The molecule has 2 aliphatic rings. The standard InChI is InChI=1S/C29H30N2O4/c1-34-27(32)29(15-17-31(18-16-29)19-21-9-3-2-4-10-21)30-28(33)35-20-26-24-13-7-5-11-22(24)23-12-6-8-14-25(23)26/h2-14,26H,15-20H2,1H3,(H,30,33). The maximum absolute atomic E-state index is 12.9. The van der Waals surface area contributed by atoms with Gasteiger partial charge in [0.2, 0.25) is 0 Å². The summed E-state index contributed by atoms with van der Waals surface area (Å²) in [6.07, 6.45) is 0.349. The highest BCUT2D eigenvalue weighted by molar-refractivity contribution is 5.86. The third-order valence-electron chi connectivity index (χ3n) is 7.22. The minimum Gasteiger partial charge on any atom is -0.467 e. The first-order chi connectivity index (χ1) is 17.1. The highest BCUT2D eigenvalue weighted by Crippen LogP contribution is 2.44. The predicted molar refractivity (Wildman–Crippen MR) is 134 cm³/mol. The molecule has 0 saturated carbocycles. The summed E-state index contributed by atoms with van der Waals surface area (Å²) >= 11 is 0. The van der Waals surface area contributed by atoms with Gasteiger partial charge in [-0.25, -0.2) is 9.59 Å². The Balaban J connectivity index is 1.24. The van der Waals surface area contributed by atoms with Gasteiger partial charge in [0.25, 0.3) is 0 Å². The number of carbonyl (C=O) groups is 2. The molecule has 1 saturated heterocycles. The number of alkyl carbamates (subject to hydrolysis) is 1. The Morgan fingerprint density at radius 1 is 0.886 bits per heavy atom. The van der Waals surface area contributed by atoms with Gasteiger partial charge in [-0.15, -0.1) is 0 Å². The van der Waals surface area contributed by atoms with Crippen molar-refractivity contribution in [2.75, 3.05) is 26.8 Å². The van der Waals surface area contributed by atoms with E-state index in [-0.39, 0.29) is 12.5 Å². The smallest absolute Gasteiger partial charge is 0.408 e. The summed E-state index contributed by atoms with van der Waals surface area (Å²) in [4.78, 5) is 28.0. The van der Waals surface area contributed by atoms with E-state index in [1.807, 2.05) is 42.5 Å². The van der Waals surface area contributed by atoms with Crippen LogP contribution in [-0.2, 0) is 20.8 Å². The number of benzene rings is 3. The zero-order chi connectivity index (χ0) is 24.3. The molecule has 35 heavy (non-hydrogen) atoms. The van der Waals surface area contributed by atoms with Crippen LogP contribution >= 0.6 is 0 Å². The van der Waals surface area contributed by atoms with E-state index < -0.39 is 17.6 Å². The quantitative estimate of drug-likeness (QED) is 0.528. The van der Waals surface area contributed by atoms with Gasteiger partial charge in [0.15, 0.2) is 0 Å². The summed E-state index contributed by atoms with van der Waals surface area (Å²) in [5.74, 6) is -0.458. The lowest BCUT2D eigenvalue weighted by atomic mass is 9.87. The van der Waals surface area contributed by atoms with Crippen LogP contribution in [0.15, 0.2) is 78.9 Å². The average Bonchev–Trinajstić information content (AvgIpc) is 3.22. The normalized spacial score (nSPS) is 16.7. The van der Waals surface area contributed by atoms with Crippen molar-refractivity contribution in [3.8, 4) is 11.1 Å². The van der Waals surface area contributed by atoms with E-state index in [1.54, 1.807) is 0 Å². The molecule has 1 aliphatic heterocycles. The number of methoxy groups -OCH3 is 1. The second-order valence-electron chi connectivity index (χ2n) is 9.29. The van der Waals surface area contributed by atoms with E-state index in [4.69, 9.17) is 9.47 Å². The lowest BCUT2D eigenvalue weighted by Crippen LogP contribution is -2.60. The van der Waals surface area contributed by atoms with Gasteiger partial charge in [0, 0.05) is 25.6 Å². The lowest BCUT2D eigenvalue weighted by Gasteiger charge is -2.39. The SMILES string of the molecule is COC(=O)C1(NC(=O)OCC2c3ccccc3-c3ccccc32)CCN(Cc2ccccc2)CC1. The van der Waals surface area contributed by atoms with Crippen LogP contribution in [0.25, 0.3) is 11.1 Å². The van der Waals surface area contributed by atoms with Crippen molar-refractivity contribution in [3.63, 3.8) is 0 Å². The summed E-state index contributed by atoms with van der Waals surface area (Å²) in [6.45, 7) is 2.36. The highest BCUT2D eigenvalue weighted by Gasteiger charge is 2.44. The molecule has 180 valence electrons. The summed E-state index contributed by atoms with van der Waals surface area (Å²) in [5.41, 5.74) is 4.80. The third-order valence-corrected chi connectivity index (χ3v) is 7.22. The monoisotopic (exact) mass is 470 g/mol. The predicted octanol–water partition coefficient (Wildman–Crippen LogP) is 4.73. The van der Waals surface area contributed by atoms with Gasteiger partial charge in [-0.2, -0.15) is 0 Å². The van der Waals surface area contributed by atoms with E-state index in [0.29, 0.717) is 25.9 Å². The molecule has 0 spiro atoms. The molecule has 5 rings (SSSR count). The fourth-order valence-corrected chi connectivity index (χ4v) is 5.34. The number of likely N-dealkylation sites (tertiary alicyclic amines) is 1. The molecule has 0 unspecified atom stereocenters. The Morgan fingerprint density at radius 2 is 1.46 bits per heavy atom. The lowest BCUT2D eigenvalue weighted by molar-refractivity contribution is -0.150. The number of amides is 1. The molecule has 0 atom stereocenters. The van der Waals surface area contributed by atoms with Crippen LogP contribution in [0.5, 0.6) is 0 Å². The van der Waals surface area contributed by atoms with E-state index in [1.165, 1.54) is 23.8 Å². The number of ether oxygens (including phenoxy) is 2. The van der Waals surface area contributed by atoms with E-state index in [2.05, 4.69) is 46.6 Å². The molecule has 0 bridgehead atoms. The fraction of sp³-hybridized carbons (Fsp3) is 0.310. The molecule has 1 aliphatic carbocycles. The summed E-state index contributed by atoms with van der Waals surface area (Å²) in [6, 6.07) is 26.7. The van der Waals surface area contributed by atoms with Gasteiger partial charge in [0.05, 0.1) is 7.11 Å². The number of nitrogens with one attached hydrogen (secondary N) is 1. The number of esters is 1. The van der Waals surface area contributed by atoms with Crippen LogP contribution < -0.4 is 5.32 Å². The molecule has 0 aromatic heterocycles. The maximum Gasteiger partial charge on any atom is 0.408 e. The van der Waals surface area contributed by atoms with Crippen LogP contribution in [-0.4, -0.2) is 49.3 Å². The number of carbonyl (C=O) groups excluding carboxylic acids is 2. The number of piperidine rings is 1. The Hall–Kier alpha value is -3.64. The van der Waals surface area contributed by atoms with Gasteiger partial charge in [-0.3, -0.25) is 4.90 Å². The first-order valence-corrected chi connectivity index (χ1v) is 12.1. The average molecular weight is 471 g/mol. The van der Waals surface area contributed by atoms with Crippen molar-refractivity contribution in [1.82, 2.24) is 10.2 Å². The number of nitrogens with zero attached hydrogens (tertiary/aromatic N) is 1. The molecule has 1 N–H and O–H groups in total. The molecule has 6 nitrogen and oxygen atoms in total. The van der Waals surface area contributed by atoms with Crippen LogP contribution in [0.3, 0.4) is 0 Å². The molecular formula is C29H30N2O4. The van der Waals surface area contributed by atoms with Crippen LogP contribution in [0.1, 0.15) is 35.4 Å². The number of fused-ring (bicyclic) bond motifs is 3.